The average molecular weight is 389 g/mol. The number of carboxylic acid groups (broad SMARTS) is 1. The van der Waals surface area contributed by atoms with Crippen LogP contribution in [0.3, 0.4) is 0 Å². The third-order valence-electron chi connectivity index (χ3n) is 3.70. The number of benzene rings is 1. The van der Waals surface area contributed by atoms with Gasteiger partial charge in [0.05, 0.1) is 6.54 Å². The second kappa shape index (κ2) is 6.53. The number of ether oxygens (including phenoxy) is 1. The van der Waals surface area contributed by atoms with E-state index in [1.807, 2.05) is 52.9 Å². The molecule has 1 aliphatic rings. The van der Waals surface area contributed by atoms with Gasteiger partial charge in [0, 0.05) is 12.8 Å². The maximum atomic E-state index is 12.2. The first-order chi connectivity index (χ1) is 9.60. The fourth-order valence-corrected chi connectivity index (χ4v) is 3.62. The first-order valence-corrected chi connectivity index (χ1v) is 7.97. The van der Waals surface area contributed by atoms with Crippen molar-refractivity contribution >= 4 is 34.7 Å². The normalized spacial score (nSPS) is 25.4. The molecule has 2 rings (SSSR count). The van der Waals surface area contributed by atoms with Crippen molar-refractivity contribution in [1.82, 2.24) is 0 Å². The molecule has 20 heavy (non-hydrogen) atoms. The van der Waals surface area contributed by atoms with Gasteiger partial charge in [-0.3, -0.25) is 4.48 Å². The average Bonchev–Trinajstić information content (AvgIpc) is 2.91. The van der Waals surface area contributed by atoms with Gasteiger partial charge < -0.3 is 14.6 Å². The zero-order chi connectivity index (χ0) is 14.6. The fraction of sp³-hybridized carbons (Fsp3) is 0.429. The van der Waals surface area contributed by atoms with Gasteiger partial charge in [-0.15, -0.1) is 0 Å². The van der Waals surface area contributed by atoms with Crippen LogP contribution in [-0.2, 0) is 16.1 Å². The summed E-state index contributed by atoms with van der Waals surface area (Å²) in [5.74, 6) is -0.452. The SMILES string of the molecule is O=C(OCc1ccccc1)[C@H]1CCC[N+]1(CI)C(=O)[O-]. The zero-order valence-electron chi connectivity index (χ0n) is 11.0. The number of amides is 1. The topological polar surface area (TPSA) is 66.4 Å². The lowest BCUT2D eigenvalue weighted by atomic mass is 10.2. The van der Waals surface area contributed by atoms with E-state index in [0.29, 0.717) is 23.9 Å². The number of esters is 1. The molecule has 1 aromatic rings. The van der Waals surface area contributed by atoms with Gasteiger partial charge in [-0.2, -0.15) is 0 Å². The van der Waals surface area contributed by atoms with Crippen LogP contribution >= 0.6 is 22.6 Å². The standard InChI is InChI=1S/C14H16INO4/c15-10-16(14(18)19)8-4-7-12(16)13(17)20-9-11-5-2-1-3-6-11/h1-3,5-6,12H,4,7-10H2/t12-,16?/m1/s1. The van der Waals surface area contributed by atoms with Crippen molar-refractivity contribution in [2.75, 3.05) is 11.1 Å². The summed E-state index contributed by atoms with van der Waals surface area (Å²) in [5.41, 5.74) is 0.889. The smallest absolute Gasteiger partial charge is 0.365 e. The van der Waals surface area contributed by atoms with Gasteiger partial charge in [0.25, 0.3) is 6.09 Å². The zero-order valence-corrected chi connectivity index (χ0v) is 13.1. The van der Waals surface area contributed by atoms with E-state index >= 15 is 0 Å². The number of likely N-dealkylation sites (tertiary alicyclic amines) is 1. The number of carbonyl (C=O) groups excluding carboxylic acids is 2. The highest BCUT2D eigenvalue weighted by atomic mass is 127. The number of hydrogen-bond acceptors (Lipinski definition) is 4. The second-order valence-electron chi connectivity index (χ2n) is 4.89. The first-order valence-electron chi connectivity index (χ1n) is 6.45. The highest BCUT2D eigenvalue weighted by Crippen LogP contribution is 2.29. The Kier molecular flexibility index (Phi) is 4.98. The van der Waals surface area contributed by atoms with E-state index in [2.05, 4.69) is 0 Å². The molecule has 0 spiro atoms. The molecule has 5 nitrogen and oxygen atoms in total. The lowest BCUT2D eigenvalue weighted by Crippen LogP contribution is -2.62. The first kappa shape index (κ1) is 15.2. The molecule has 108 valence electrons. The van der Waals surface area contributed by atoms with Gasteiger partial charge in [0.2, 0.25) is 0 Å². The van der Waals surface area contributed by atoms with Crippen molar-refractivity contribution in [3.05, 3.63) is 35.9 Å². The number of quaternary nitrogens is 1. The minimum absolute atomic E-state index is 0.171. The fourth-order valence-electron chi connectivity index (χ4n) is 2.52. The molecule has 1 fully saturated rings. The van der Waals surface area contributed by atoms with Crippen LogP contribution in [-0.4, -0.2) is 33.7 Å². The van der Waals surface area contributed by atoms with Crippen molar-refractivity contribution in [3.8, 4) is 0 Å². The van der Waals surface area contributed by atoms with Gasteiger partial charge in [-0.1, -0.05) is 30.3 Å². The van der Waals surface area contributed by atoms with E-state index < -0.39 is 18.1 Å². The summed E-state index contributed by atoms with van der Waals surface area (Å²) in [6, 6.07) is 8.69. The van der Waals surface area contributed by atoms with Crippen LogP contribution in [0.4, 0.5) is 4.79 Å². The number of nitrogens with zero attached hydrogens (tertiary/aromatic N) is 1. The summed E-state index contributed by atoms with van der Waals surface area (Å²) < 4.78 is 5.26. The van der Waals surface area contributed by atoms with Crippen LogP contribution in [0.2, 0.25) is 0 Å². The Morgan fingerprint density at radius 2 is 2.05 bits per heavy atom. The molecule has 0 aliphatic carbocycles. The molecule has 1 aliphatic heterocycles. The highest BCUT2D eigenvalue weighted by Gasteiger charge is 2.48. The van der Waals surface area contributed by atoms with Crippen LogP contribution in [0.1, 0.15) is 18.4 Å². The van der Waals surface area contributed by atoms with Crippen molar-refractivity contribution in [2.45, 2.75) is 25.5 Å². The van der Waals surface area contributed by atoms with Crippen LogP contribution < -0.4 is 5.11 Å². The highest BCUT2D eigenvalue weighted by molar-refractivity contribution is 14.1. The molecule has 1 amide bonds. The summed E-state index contributed by atoms with van der Waals surface area (Å²) in [5, 5.41) is 11.4. The van der Waals surface area contributed by atoms with Gasteiger partial charge in [-0.25, -0.2) is 4.79 Å². The molecule has 1 heterocycles. The summed E-state index contributed by atoms with van der Waals surface area (Å²) in [4.78, 5) is 23.6. The van der Waals surface area contributed by atoms with Crippen molar-refractivity contribution in [3.63, 3.8) is 0 Å². The number of hydrogen-bond donors (Lipinski definition) is 0. The predicted molar refractivity (Wildman–Crippen MR) is 78.7 cm³/mol. The van der Waals surface area contributed by atoms with Crippen LogP contribution in [0.15, 0.2) is 30.3 Å². The molecule has 1 unspecified atom stereocenters. The van der Waals surface area contributed by atoms with Gasteiger partial charge >= 0.3 is 5.97 Å². The number of halogens is 1. The number of rotatable bonds is 4. The van der Waals surface area contributed by atoms with Gasteiger partial charge in [0.1, 0.15) is 11.2 Å². The van der Waals surface area contributed by atoms with Gasteiger partial charge in [0.15, 0.2) is 6.04 Å². The largest absolute Gasteiger partial charge is 0.498 e. The van der Waals surface area contributed by atoms with E-state index in [9.17, 15) is 14.7 Å². The third-order valence-corrected chi connectivity index (χ3v) is 4.92. The van der Waals surface area contributed by atoms with E-state index in [1.54, 1.807) is 0 Å². The van der Waals surface area contributed by atoms with E-state index in [1.165, 1.54) is 0 Å². The molecule has 1 saturated heterocycles. The number of carbonyl (C=O) groups is 2. The molecular formula is C14H16INO4. The maximum Gasteiger partial charge on any atom is 0.365 e. The number of alkyl halides is 1. The van der Waals surface area contributed by atoms with E-state index in [4.69, 9.17) is 4.74 Å². The summed E-state index contributed by atoms with van der Waals surface area (Å²) in [7, 11) is 0. The van der Waals surface area contributed by atoms with Crippen LogP contribution in [0.25, 0.3) is 0 Å². The summed E-state index contributed by atoms with van der Waals surface area (Å²) in [6.45, 7) is 0.598. The van der Waals surface area contributed by atoms with Crippen LogP contribution in [0.5, 0.6) is 0 Å². The molecule has 1 aromatic carbocycles. The molecule has 0 bridgehead atoms. The lowest BCUT2D eigenvalue weighted by molar-refractivity contribution is -0.864. The molecular weight excluding hydrogens is 373 g/mol. The van der Waals surface area contributed by atoms with Crippen molar-refractivity contribution < 1.29 is 23.9 Å². The Morgan fingerprint density at radius 3 is 2.65 bits per heavy atom. The van der Waals surface area contributed by atoms with E-state index in [0.717, 1.165) is 5.56 Å². The Hall–Kier alpha value is -1.15. The molecule has 0 saturated carbocycles. The van der Waals surface area contributed by atoms with Gasteiger partial charge in [-0.05, 0) is 28.2 Å². The predicted octanol–water partition coefficient (Wildman–Crippen LogP) is 1.44. The summed E-state index contributed by atoms with van der Waals surface area (Å²) >= 11 is 1.99. The molecule has 0 radical (unpaired) electrons. The quantitative estimate of drug-likeness (QED) is 0.257. The van der Waals surface area contributed by atoms with E-state index in [-0.39, 0.29) is 11.1 Å². The minimum Gasteiger partial charge on any atom is -0.498 e. The lowest BCUT2D eigenvalue weighted by Gasteiger charge is -2.36. The molecule has 0 N–H and O–H groups in total. The Balaban J connectivity index is 2.03. The molecule has 0 aromatic heterocycles. The van der Waals surface area contributed by atoms with Crippen molar-refractivity contribution in [2.24, 2.45) is 0 Å². The third kappa shape index (κ3) is 2.95. The van der Waals surface area contributed by atoms with Crippen LogP contribution in [0, 0.1) is 0 Å². The molecule has 6 heteroatoms. The molecule has 2 atom stereocenters. The van der Waals surface area contributed by atoms with Crippen molar-refractivity contribution in [1.29, 1.82) is 0 Å². The summed E-state index contributed by atoms with van der Waals surface area (Å²) in [6.07, 6.45) is 0.0331. The monoisotopic (exact) mass is 389 g/mol. The maximum absolute atomic E-state index is 12.2. The Bertz CT molecular complexity index is 493. The minimum atomic E-state index is -1.20. The Morgan fingerprint density at radius 1 is 1.35 bits per heavy atom. The Labute approximate surface area is 131 Å². The second-order valence-corrected chi connectivity index (χ2v) is 5.58.